The molecule has 0 bridgehead atoms. The Morgan fingerprint density at radius 3 is 2.80 bits per heavy atom. The Labute approximate surface area is 125 Å². The molecule has 0 aliphatic carbocycles. The average Bonchev–Trinajstić information content (AvgIpc) is 2.70. The normalized spacial score (nSPS) is 30.2. The first-order valence-electron chi connectivity index (χ1n) is 5.70. The van der Waals surface area contributed by atoms with Gasteiger partial charge in [0.05, 0.1) is 12.2 Å². The van der Waals surface area contributed by atoms with Gasteiger partial charge in [0.2, 0.25) is 0 Å². The molecule has 110 valence electrons. The number of aliphatic hydroxyl groups excluding tert-OH is 2. The minimum absolute atomic E-state index is 0.150. The van der Waals surface area contributed by atoms with E-state index in [1.54, 1.807) is 4.08 Å². The van der Waals surface area contributed by atoms with Gasteiger partial charge >= 0.3 is 5.69 Å². The summed E-state index contributed by atoms with van der Waals surface area (Å²) in [6, 6.07) is 0. The van der Waals surface area contributed by atoms with E-state index in [-0.39, 0.29) is 5.56 Å². The smallest absolute Gasteiger partial charge is 0.330 e. The maximum Gasteiger partial charge on any atom is 0.330 e. The standard InChI is InChI=1S/C11H12FIN2O5/c12-7-8(17)6(4-16)20-10(7)15-3-5(1-2-13)9(18)14-11(15)19/h1-3,6-8,10,16-17H,4H2,(H,14,18,19)/b2-1+/t6-,7-,8-,10-/m1/s1/i13-4. The van der Waals surface area contributed by atoms with Crippen LogP contribution in [0, 0.1) is 0 Å². The van der Waals surface area contributed by atoms with Crippen molar-refractivity contribution >= 4 is 28.7 Å². The number of nitrogens with zero attached hydrogens (tertiary/aromatic N) is 1. The molecule has 4 atom stereocenters. The van der Waals surface area contributed by atoms with Crippen LogP contribution in [-0.2, 0) is 4.74 Å². The first-order chi connectivity index (χ1) is 9.49. The van der Waals surface area contributed by atoms with Crippen LogP contribution in [0.1, 0.15) is 11.8 Å². The maximum absolute atomic E-state index is 13.9. The molecular formula is C11H12FIN2O5. The predicted molar refractivity (Wildman–Crippen MR) is 76.3 cm³/mol. The molecule has 1 saturated heterocycles. The van der Waals surface area contributed by atoms with Crippen LogP contribution in [0.5, 0.6) is 0 Å². The second kappa shape index (κ2) is 6.16. The van der Waals surface area contributed by atoms with E-state index in [1.807, 2.05) is 27.6 Å². The molecule has 3 N–H and O–H groups in total. The Kier molecular flexibility index (Phi) is 4.73. The second-order valence-corrected chi connectivity index (χ2v) is 4.95. The van der Waals surface area contributed by atoms with Gasteiger partial charge in [0, 0.05) is 6.20 Å². The molecule has 1 aromatic heterocycles. The van der Waals surface area contributed by atoms with Crippen molar-refractivity contribution in [3.05, 3.63) is 36.7 Å². The number of nitrogens with one attached hydrogen (secondary N) is 1. The van der Waals surface area contributed by atoms with Gasteiger partial charge in [-0.3, -0.25) is 14.3 Å². The van der Waals surface area contributed by atoms with Crippen molar-refractivity contribution in [2.24, 2.45) is 0 Å². The van der Waals surface area contributed by atoms with Gasteiger partial charge in [-0.05, 0) is 10.2 Å². The molecule has 2 heterocycles. The lowest BCUT2D eigenvalue weighted by molar-refractivity contribution is -0.0491. The van der Waals surface area contributed by atoms with Gasteiger partial charge in [0.15, 0.2) is 12.4 Å². The molecule has 9 heteroatoms. The number of aliphatic hydroxyl groups is 2. The molecule has 0 saturated carbocycles. The van der Waals surface area contributed by atoms with E-state index in [2.05, 4.69) is 0 Å². The van der Waals surface area contributed by atoms with Crippen molar-refractivity contribution in [2.75, 3.05) is 6.61 Å². The van der Waals surface area contributed by atoms with Crippen molar-refractivity contribution in [3.8, 4) is 0 Å². The fraction of sp³-hybridized carbons (Fsp3) is 0.455. The summed E-state index contributed by atoms with van der Waals surface area (Å²) in [5.74, 6) is 0. The van der Waals surface area contributed by atoms with Crippen molar-refractivity contribution < 1.29 is 19.3 Å². The molecule has 0 unspecified atom stereocenters. The SMILES string of the molecule is O=c1[nH]c(=O)n([C@@H]2O[C@H](CO)[C@@H](O)[C@H]2F)cc1/C=C/[123I]. The first-order valence-corrected chi connectivity index (χ1v) is 6.95. The third-order valence-corrected chi connectivity index (χ3v) is 3.35. The summed E-state index contributed by atoms with van der Waals surface area (Å²) in [4.78, 5) is 25.3. The number of H-pyrrole nitrogens is 1. The summed E-state index contributed by atoms with van der Waals surface area (Å²) in [7, 11) is 0. The number of rotatable bonds is 3. The number of alkyl halides is 1. The number of ether oxygens (including phenoxy) is 1. The lowest BCUT2D eigenvalue weighted by atomic mass is 10.1. The summed E-state index contributed by atoms with van der Waals surface area (Å²) in [5, 5.41) is 18.5. The number of hydrogen-bond donors (Lipinski definition) is 3. The van der Waals surface area contributed by atoms with Crippen LogP contribution in [0.4, 0.5) is 4.39 Å². The summed E-state index contributed by atoms with van der Waals surface area (Å²) >= 11 is 1.89. The van der Waals surface area contributed by atoms with Crippen molar-refractivity contribution in [3.63, 3.8) is 0 Å². The van der Waals surface area contributed by atoms with E-state index < -0.39 is 42.5 Å². The largest absolute Gasteiger partial charge is 0.394 e. The van der Waals surface area contributed by atoms with Crippen LogP contribution in [0.2, 0.25) is 0 Å². The van der Waals surface area contributed by atoms with Crippen LogP contribution >= 0.6 is 22.6 Å². The topological polar surface area (TPSA) is 105 Å². The van der Waals surface area contributed by atoms with Gasteiger partial charge in [-0.2, -0.15) is 0 Å². The lowest BCUT2D eigenvalue weighted by Gasteiger charge is -2.16. The molecule has 0 aromatic carbocycles. The minimum atomic E-state index is -1.88. The highest BCUT2D eigenvalue weighted by Crippen LogP contribution is 2.30. The highest BCUT2D eigenvalue weighted by molar-refractivity contribution is 14.1. The van der Waals surface area contributed by atoms with E-state index in [0.717, 1.165) is 10.8 Å². The summed E-state index contributed by atoms with van der Waals surface area (Å²) in [6.45, 7) is -0.573. The van der Waals surface area contributed by atoms with Crippen LogP contribution in [-0.4, -0.2) is 44.8 Å². The fourth-order valence-electron chi connectivity index (χ4n) is 1.95. The Morgan fingerprint density at radius 2 is 2.25 bits per heavy atom. The molecule has 2 rings (SSSR count). The molecule has 0 radical (unpaired) electrons. The monoisotopic (exact) mass is 394 g/mol. The number of hydrogen-bond acceptors (Lipinski definition) is 5. The van der Waals surface area contributed by atoms with E-state index >= 15 is 0 Å². The van der Waals surface area contributed by atoms with E-state index in [4.69, 9.17) is 9.84 Å². The molecule has 1 aliphatic heterocycles. The van der Waals surface area contributed by atoms with Crippen LogP contribution in [0.15, 0.2) is 19.9 Å². The summed E-state index contributed by atoms with van der Waals surface area (Å²) in [5.41, 5.74) is -1.30. The zero-order chi connectivity index (χ0) is 14.9. The number of halogens is 2. The maximum atomic E-state index is 13.9. The highest BCUT2D eigenvalue weighted by Gasteiger charge is 2.45. The van der Waals surface area contributed by atoms with Crippen LogP contribution in [0.3, 0.4) is 0 Å². The third kappa shape index (κ3) is 2.71. The van der Waals surface area contributed by atoms with E-state index in [9.17, 15) is 19.1 Å². The second-order valence-electron chi connectivity index (χ2n) is 4.23. The van der Waals surface area contributed by atoms with Crippen LogP contribution < -0.4 is 11.2 Å². The quantitative estimate of drug-likeness (QED) is 0.602. The molecular weight excluding hydrogens is 382 g/mol. The van der Waals surface area contributed by atoms with E-state index in [1.165, 1.54) is 6.08 Å². The molecule has 20 heavy (non-hydrogen) atoms. The first kappa shape index (κ1) is 15.4. The van der Waals surface area contributed by atoms with E-state index in [0.29, 0.717) is 0 Å². The van der Waals surface area contributed by atoms with Gasteiger partial charge < -0.3 is 14.9 Å². The fourth-order valence-corrected chi connectivity index (χ4v) is 2.34. The Hall–Kier alpha value is -1.04. The molecule has 0 spiro atoms. The summed E-state index contributed by atoms with van der Waals surface area (Å²) in [6.07, 6.45) is -3.33. The van der Waals surface area contributed by atoms with Gasteiger partial charge in [-0.25, -0.2) is 9.18 Å². The van der Waals surface area contributed by atoms with Crippen molar-refractivity contribution in [2.45, 2.75) is 24.6 Å². The van der Waals surface area contributed by atoms with Gasteiger partial charge in [0.25, 0.3) is 5.56 Å². The average molecular weight is 394 g/mol. The number of aromatic nitrogens is 2. The Morgan fingerprint density at radius 1 is 1.55 bits per heavy atom. The highest BCUT2D eigenvalue weighted by atomic mass is 123. The zero-order valence-electron chi connectivity index (χ0n) is 10.1. The lowest BCUT2D eigenvalue weighted by Crippen LogP contribution is -2.36. The van der Waals surface area contributed by atoms with Crippen molar-refractivity contribution in [1.82, 2.24) is 9.55 Å². The van der Waals surface area contributed by atoms with Gasteiger partial charge in [0.1, 0.15) is 12.2 Å². The predicted octanol–water partition coefficient (Wildman–Crippen LogP) is -0.469. The van der Waals surface area contributed by atoms with Crippen molar-refractivity contribution in [1.29, 1.82) is 0 Å². The van der Waals surface area contributed by atoms with Crippen LogP contribution in [0.25, 0.3) is 6.08 Å². The van der Waals surface area contributed by atoms with Gasteiger partial charge in [-0.1, -0.05) is 22.6 Å². The molecule has 1 aliphatic rings. The molecule has 1 fully saturated rings. The zero-order valence-corrected chi connectivity index (χ0v) is 12.2. The Bertz CT molecular complexity index is 628. The van der Waals surface area contributed by atoms with Gasteiger partial charge in [-0.15, -0.1) is 0 Å². The minimum Gasteiger partial charge on any atom is -0.394 e. The molecule has 1 aromatic rings. The Balaban J connectivity index is 2.46. The third-order valence-electron chi connectivity index (χ3n) is 2.99. The number of aromatic amines is 1. The molecule has 7 nitrogen and oxygen atoms in total. The molecule has 0 amide bonds. The summed E-state index contributed by atoms with van der Waals surface area (Å²) < 4.78 is 21.5.